The van der Waals surface area contributed by atoms with Crippen LogP contribution in [0.4, 0.5) is 0 Å². The summed E-state index contributed by atoms with van der Waals surface area (Å²) in [6.45, 7) is -3.11. The zero-order valence-corrected chi connectivity index (χ0v) is 45.8. The van der Waals surface area contributed by atoms with Crippen molar-refractivity contribution in [1.29, 1.82) is 0 Å². The number of hydrogen-bond donors (Lipinski definition) is 11. The second kappa shape index (κ2) is 29.4. The molecule has 7 rings (SSSR count). The van der Waals surface area contributed by atoms with E-state index in [0.29, 0.717) is 0 Å². The van der Waals surface area contributed by atoms with Gasteiger partial charge in [-0.2, -0.15) is 0 Å². The van der Waals surface area contributed by atoms with Crippen LogP contribution in [0.3, 0.4) is 0 Å². The third-order valence-corrected chi connectivity index (χ3v) is 13.7. The van der Waals surface area contributed by atoms with Crippen LogP contribution in [-0.2, 0) is 76.0 Å². The average Bonchev–Trinajstić information content (AvgIpc) is 1.92. The first-order chi connectivity index (χ1) is 40.5. The highest BCUT2D eigenvalue weighted by Gasteiger charge is 2.64. The number of rotatable bonds is 23. The fraction of sp³-hybridized carbons (Fsp3) is 0.509. The van der Waals surface area contributed by atoms with Gasteiger partial charge in [0.25, 0.3) is 0 Å². The molecule has 0 bridgehead atoms. The molecule has 4 fully saturated rings. The topological polar surface area (TPSA) is 437 Å². The Balaban J connectivity index is 1.40. The molecule has 0 spiro atoms. The van der Waals surface area contributed by atoms with E-state index in [1.54, 1.807) is 6.07 Å². The maximum atomic E-state index is 14.2. The van der Waals surface area contributed by atoms with E-state index in [1.165, 1.54) is 87.0 Å². The fourth-order valence-corrected chi connectivity index (χ4v) is 9.31. The quantitative estimate of drug-likeness (QED) is 0.0260. The number of aromatic hydroxyl groups is 2. The van der Waals surface area contributed by atoms with Crippen LogP contribution >= 0.6 is 0 Å². The number of ether oxygens (including phenoxy) is 14. The molecule has 0 saturated carbocycles. The number of phenolic OH excluding ortho intramolecular Hbond substituents is 2. The smallest absolute Gasteiger partial charge is 0.338 e. The summed E-state index contributed by atoms with van der Waals surface area (Å²) in [4.78, 5) is 66.6. The SMILES string of the molecule is COc1cc(/C=C/C(=O)O[C@H]2[C@@H](O[C@@H]3O[C@H](COC(C)=O)[C@@H](O)[C@H](O)[C@H]3O)[C@@H](O[C@@H]3O[C@H](CO)[C@@H](O)[C@H](O)[C@H]3O)[C@@H](O[C@]3(COC(=O)/C=C/c4ccc(O)cc4OC)O[C@H](CO)[C@@H](O)[C@H]3OC(=O)c3ccccc3)O[C@@H]2COC(C)=O)ccc1O. The second-order valence-corrected chi connectivity index (χ2v) is 19.5. The van der Waals surface area contributed by atoms with E-state index < -0.39 is 179 Å². The number of carbonyl (C=O) groups excluding carboxylic acids is 5. The summed E-state index contributed by atoms with van der Waals surface area (Å²) in [6.07, 6.45) is -34.0. The normalized spacial score (nSPS) is 33.0. The molecule has 0 unspecified atom stereocenters. The molecule has 4 aliphatic heterocycles. The largest absolute Gasteiger partial charge is 0.508 e. The predicted molar refractivity (Wildman–Crippen MR) is 278 cm³/mol. The van der Waals surface area contributed by atoms with Gasteiger partial charge in [0.2, 0.25) is 5.79 Å². The van der Waals surface area contributed by atoms with Gasteiger partial charge in [-0.3, -0.25) is 9.59 Å². The van der Waals surface area contributed by atoms with Crippen molar-refractivity contribution < 1.29 is 146 Å². The number of aliphatic hydroxyl groups is 9. The molecule has 466 valence electrons. The van der Waals surface area contributed by atoms with Gasteiger partial charge in [-0.1, -0.05) is 24.3 Å². The molecule has 4 saturated heterocycles. The van der Waals surface area contributed by atoms with Gasteiger partial charge in [0.15, 0.2) is 42.6 Å². The lowest BCUT2D eigenvalue weighted by Crippen LogP contribution is -2.69. The molecule has 3 aromatic carbocycles. The maximum absolute atomic E-state index is 14.2. The van der Waals surface area contributed by atoms with Crippen LogP contribution in [0.2, 0.25) is 0 Å². The molecule has 30 heteroatoms. The highest BCUT2D eigenvalue weighted by molar-refractivity contribution is 5.90. The lowest BCUT2D eigenvalue weighted by atomic mass is 9.95. The Morgan fingerprint density at radius 1 is 0.565 bits per heavy atom. The number of carbonyl (C=O) groups is 5. The summed E-state index contributed by atoms with van der Waals surface area (Å²) in [5.74, 6) is -8.80. The van der Waals surface area contributed by atoms with Gasteiger partial charge in [-0.15, -0.1) is 0 Å². The minimum atomic E-state index is -2.96. The Morgan fingerprint density at radius 3 is 1.78 bits per heavy atom. The van der Waals surface area contributed by atoms with Gasteiger partial charge < -0.3 is 122 Å². The monoisotopic (exact) mass is 1210 g/mol. The number of methoxy groups -OCH3 is 2. The Kier molecular flexibility index (Phi) is 22.7. The Morgan fingerprint density at radius 2 is 1.15 bits per heavy atom. The van der Waals surface area contributed by atoms with Crippen molar-refractivity contribution >= 4 is 42.0 Å². The molecule has 11 N–H and O–H groups in total. The lowest BCUT2D eigenvalue weighted by Gasteiger charge is -2.50. The summed E-state index contributed by atoms with van der Waals surface area (Å²) in [5.41, 5.74) is 0.375. The first-order valence-electron chi connectivity index (χ1n) is 26.1. The minimum Gasteiger partial charge on any atom is -0.508 e. The Hall–Kier alpha value is -6.95. The summed E-state index contributed by atoms with van der Waals surface area (Å²) in [7, 11) is 2.56. The van der Waals surface area contributed by atoms with Crippen molar-refractivity contribution in [3.05, 3.63) is 95.6 Å². The van der Waals surface area contributed by atoms with Gasteiger partial charge >= 0.3 is 29.8 Å². The summed E-state index contributed by atoms with van der Waals surface area (Å²) in [6, 6.07) is 15.0. The standard InChI is InChI=1S/C55H66O30/c1-25(58)74-22-36-41(65)44(68)46(70)53(78-36)81-48-47(80-39(63)16-11-27-10-15-31(61)33(18-27)73-4)37(23-75-26(2)59)79-54(49(48)82-52-45(69)43(67)40(64)34(20-56)77-52)85-55(24-76-38(62)17-13-28-12-14-30(60)19-32(28)72-3)50(42(66)35(21-57)84-55)83-51(71)29-8-6-5-7-9-29/h5-19,34-37,40-50,52-54,56-57,60-61,64-70H,20-24H2,1-4H3/b16-11+,17-13+/t34-,35-,36-,37-,40-,41-,42-,43+,44+,45-,46-,47-,48-,49-,50-,52+,53+,54-,55+/m1/s1. The third-order valence-electron chi connectivity index (χ3n) is 13.7. The van der Waals surface area contributed by atoms with Gasteiger partial charge in [0.05, 0.1) is 33.0 Å². The predicted octanol–water partition coefficient (Wildman–Crippen LogP) is -2.78. The summed E-state index contributed by atoms with van der Waals surface area (Å²) < 4.78 is 81.9. The maximum Gasteiger partial charge on any atom is 0.338 e. The van der Waals surface area contributed by atoms with Crippen LogP contribution < -0.4 is 9.47 Å². The average molecular weight is 1210 g/mol. The van der Waals surface area contributed by atoms with E-state index in [1.807, 2.05) is 0 Å². The van der Waals surface area contributed by atoms with Crippen LogP contribution in [0.15, 0.2) is 78.9 Å². The third kappa shape index (κ3) is 15.9. The summed E-state index contributed by atoms with van der Waals surface area (Å²) >= 11 is 0. The van der Waals surface area contributed by atoms with Crippen LogP contribution in [0.5, 0.6) is 23.0 Å². The Bertz CT molecular complexity index is 2810. The molecule has 30 nitrogen and oxygen atoms in total. The van der Waals surface area contributed by atoms with E-state index in [2.05, 4.69) is 0 Å². The highest BCUT2D eigenvalue weighted by atomic mass is 16.8. The minimum absolute atomic E-state index is 0.00410. The van der Waals surface area contributed by atoms with Crippen molar-refractivity contribution in [2.75, 3.05) is 47.3 Å². The van der Waals surface area contributed by atoms with Gasteiger partial charge in [0.1, 0.15) is 111 Å². The molecule has 4 aliphatic rings. The van der Waals surface area contributed by atoms with E-state index in [0.717, 1.165) is 26.0 Å². The van der Waals surface area contributed by atoms with Crippen LogP contribution in [0, 0.1) is 0 Å². The molecule has 4 heterocycles. The molecule has 3 aromatic rings. The fourth-order valence-electron chi connectivity index (χ4n) is 9.31. The number of phenols is 2. The second-order valence-electron chi connectivity index (χ2n) is 19.5. The van der Waals surface area contributed by atoms with Crippen molar-refractivity contribution in [2.45, 2.75) is 130 Å². The van der Waals surface area contributed by atoms with Crippen molar-refractivity contribution in [3.63, 3.8) is 0 Å². The van der Waals surface area contributed by atoms with E-state index >= 15 is 0 Å². The number of aliphatic hydroxyl groups excluding tert-OH is 9. The number of esters is 5. The van der Waals surface area contributed by atoms with Gasteiger partial charge in [0, 0.05) is 37.6 Å². The molecular weight excluding hydrogens is 1140 g/mol. The van der Waals surface area contributed by atoms with Crippen molar-refractivity contribution in [3.8, 4) is 23.0 Å². The lowest BCUT2D eigenvalue weighted by molar-refractivity contribution is -0.421. The molecule has 0 radical (unpaired) electrons. The number of hydrogen-bond acceptors (Lipinski definition) is 30. The first kappa shape index (κ1) is 65.6. The highest BCUT2D eigenvalue weighted by Crippen LogP contribution is 2.42. The van der Waals surface area contributed by atoms with Crippen LogP contribution in [0.25, 0.3) is 12.2 Å². The van der Waals surface area contributed by atoms with Crippen molar-refractivity contribution in [2.24, 2.45) is 0 Å². The van der Waals surface area contributed by atoms with Gasteiger partial charge in [-0.25, -0.2) is 14.4 Å². The molecule has 0 aliphatic carbocycles. The zero-order valence-electron chi connectivity index (χ0n) is 45.8. The Labute approximate surface area is 483 Å². The zero-order chi connectivity index (χ0) is 61.9. The van der Waals surface area contributed by atoms with Gasteiger partial charge in [-0.05, 0) is 54.1 Å². The summed E-state index contributed by atoms with van der Waals surface area (Å²) in [5, 5.41) is 120. The molecular formula is C55H66O30. The molecule has 19 atom stereocenters. The van der Waals surface area contributed by atoms with E-state index in [-0.39, 0.29) is 39.7 Å². The molecule has 85 heavy (non-hydrogen) atoms. The van der Waals surface area contributed by atoms with Crippen molar-refractivity contribution in [1.82, 2.24) is 0 Å². The molecule has 0 amide bonds. The van der Waals surface area contributed by atoms with E-state index in [9.17, 15) is 80.1 Å². The number of benzene rings is 3. The first-order valence-corrected chi connectivity index (χ1v) is 26.1. The van der Waals surface area contributed by atoms with Crippen LogP contribution in [0.1, 0.15) is 35.3 Å². The molecule has 0 aromatic heterocycles. The van der Waals surface area contributed by atoms with Crippen LogP contribution in [-0.4, -0.2) is 249 Å². The van der Waals surface area contributed by atoms with E-state index in [4.69, 9.17) is 66.3 Å².